The number of likely N-dealkylation sites (N-methyl/N-ethyl adjacent to an activating group) is 1. The Bertz CT molecular complexity index is 474. The summed E-state index contributed by atoms with van der Waals surface area (Å²) >= 11 is 3.79. The van der Waals surface area contributed by atoms with Gasteiger partial charge in [-0.2, -0.15) is 0 Å². The van der Waals surface area contributed by atoms with Crippen LogP contribution in [0, 0.1) is 17.8 Å². The third kappa shape index (κ3) is 3.34. The van der Waals surface area contributed by atoms with E-state index < -0.39 is 0 Å². The molecule has 0 amide bonds. The average molecular weight is 398 g/mol. The van der Waals surface area contributed by atoms with E-state index in [0.717, 1.165) is 12.3 Å². The molecular formula is C19H32BrN3O. The van der Waals surface area contributed by atoms with Crippen molar-refractivity contribution in [1.82, 2.24) is 10.2 Å². The van der Waals surface area contributed by atoms with Crippen LogP contribution < -0.4 is 5.32 Å². The van der Waals surface area contributed by atoms with Gasteiger partial charge in [0, 0.05) is 29.0 Å². The van der Waals surface area contributed by atoms with Crippen LogP contribution in [0.15, 0.2) is 4.99 Å². The Kier molecular flexibility index (Phi) is 5.33. The van der Waals surface area contributed by atoms with Gasteiger partial charge in [0.15, 0.2) is 6.29 Å². The minimum Gasteiger partial charge on any atom is -0.392 e. The first-order valence-electron chi connectivity index (χ1n) is 9.97. The summed E-state index contributed by atoms with van der Waals surface area (Å²) in [5.74, 6) is 1.75. The molecule has 4 nitrogen and oxygen atoms in total. The Morgan fingerprint density at radius 2 is 1.96 bits per heavy atom. The SMILES string of the molecule is CN1C(/N=C/C2C(O)CCC3CCCCC32)NC2CCC(Br)CC21. The number of alkyl halides is 1. The van der Waals surface area contributed by atoms with Gasteiger partial charge in [-0.1, -0.05) is 35.2 Å². The standard InChI is InChI=1S/C19H32BrN3O/c1-23-17-10-13(20)7-8-16(17)22-19(23)21-11-15-14-5-3-2-4-12(14)6-9-18(15)24/h11-19,22,24H,2-10H2,1H3/b21-11+. The van der Waals surface area contributed by atoms with E-state index >= 15 is 0 Å². The van der Waals surface area contributed by atoms with E-state index in [1.54, 1.807) is 0 Å². The highest BCUT2D eigenvalue weighted by atomic mass is 79.9. The molecule has 1 aliphatic heterocycles. The van der Waals surface area contributed by atoms with Crippen LogP contribution in [0.4, 0.5) is 0 Å². The number of rotatable bonds is 2. The number of hydrogen-bond acceptors (Lipinski definition) is 4. The molecule has 1 saturated heterocycles. The van der Waals surface area contributed by atoms with Crippen LogP contribution in [0.25, 0.3) is 0 Å². The Morgan fingerprint density at radius 3 is 2.83 bits per heavy atom. The van der Waals surface area contributed by atoms with Crippen molar-refractivity contribution in [1.29, 1.82) is 0 Å². The van der Waals surface area contributed by atoms with E-state index in [0.29, 0.717) is 22.8 Å². The third-order valence-corrected chi connectivity index (χ3v) is 8.00. The lowest BCUT2D eigenvalue weighted by molar-refractivity contribution is 0.0186. The van der Waals surface area contributed by atoms with E-state index in [1.807, 2.05) is 0 Å². The number of fused-ring (bicyclic) bond motifs is 2. The fourth-order valence-electron chi connectivity index (χ4n) is 5.73. The lowest BCUT2D eigenvalue weighted by atomic mass is 9.65. The van der Waals surface area contributed by atoms with Gasteiger partial charge in [0.2, 0.25) is 0 Å². The smallest absolute Gasteiger partial charge is 0.155 e. The van der Waals surface area contributed by atoms with Gasteiger partial charge in [-0.3, -0.25) is 15.2 Å². The molecule has 8 atom stereocenters. The first-order valence-corrected chi connectivity index (χ1v) is 10.9. The molecule has 2 N–H and O–H groups in total. The quantitative estimate of drug-likeness (QED) is 0.555. The second kappa shape index (κ2) is 7.34. The topological polar surface area (TPSA) is 47.9 Å². The van der Waals surface area contributed by atoms with Crippen LogP contribution >= 0.6 is 15.9 Å². The number of aliphatic hydroxyl groups is 1. The summed E-state index contributed by atoms with van der Waals surface area (Å²) in [6, 6.07) is 1.16. The van der Waals surface area contributed by atoms with Crippen molar-refractivity contribution in [3.63, 3.8) is 0 Å². The van der Waals surface area contributed by atoms with Crippen molar-refractivity contribution in [2.45, 2.75) is 87.1 Å². The molecule has 24 heavy (non-hydrogen) atoms. The molecule has 4 fully saturated rings. The summed E-state index contributed by atoms with van der Waals surface area (Å²) in [7, 11) is 2.20. The molecule has 0 radical (unpaired) electrons. The van der Waals surface area contributed by atoms with Crippen LogP contribution in [0.2, 0.25) is 0 Å². The van der Waals surface area contributed by atoms with E-state index in [9.17, 15) is 5.11 Å². The summed E-state index contributed by atoms with van der Waals surface area (Å²) < 4.78 is 0. The fraction of sp³-hybridized carbons (Fsp3) is 0.947. The summed E-state index contributed by atoms with van der Waals surface area (Å²) in [5.41, 5.74) is 0. The maximum absolute atomic E-state index is 10.6. The zero-order chi connectivity index (χ0) is 16.7. The highest BCUT2D eigenvalue weighted by Gasteiger charge is 2.42. The fourth-order valence-corrected chi connectivity index (χ4v) is 6.38. The first kappa shape index (κ1) is 17.4. The number of aliphatic hydroxyl groups excluding tert-OH is 1. The number of aliphatic imine (C=N–C) groups is 1. The van der Waals surface area contributed by atoms with Crippen molar-refractivity contribution >= 4 is 22.1 Å². The maximum Gasteiger partial charge on any atom is 0.155 e. The molecule has 136 valence electrons. The van der Waals surface area contributed by atoms with Gasteiger partial charge >= 0.3 is 0 Å². The van der Waals surface area contributed by atoms with Crippen molar-refractivity contribution in [2.24, 2.45) is 22.7 Å². The summed E-state index contributed by atoms with van der Waals surface area (Å²) in [5, 5.41) is 14.3. The highest BCUT2D eigenvalue weighted by molar-refractivity contribution is 9.09. The van der Waals surface area contributed by atoms with Crippen LogP contribution in [0.3, 0.4) is 0 Å². The average Bonchev–Trinajstić information content (AvgIpc) is 2.90. The van der Waals surface area contributed by atoms with Gasteiger partial charge in [-0.15, -0.1) is 0 Å². The number of nitrogens with zero attached hydrogens (tertiary/aromatic N) is 2. The lowest BCUT2D eigenvalue weighted by Gasteiger charge is -2.42. The predicted molar refractivity (Wildman–Crippen MR) is 101 cm³/mol. The molecule has 0 spiro atoms. The van der Waals surface area contributed by atoms with Crippen LogP contribution in [-0.2, 0) is 0 Å². The molecule has 8 unspecified atom stereocenters. The molecule has 3 saturated carbocycles. The van der Waals surface area contributed by atoms with Gasteiger partial charge in [-0.05, 0) is 57.4 Å². The number of nitrogens with one attached hydrogen (secondary N) is 1. The van der Waals surface area contributed by atoms with Gasteiger partial charge in [0.25, 0.3) is 0 Å². The second-order valence-electron chi connectivity index (χ2n) is 8.52. The largest absolute Gasteiger partial charge is 0.392 e. The normalized spacial score (nSPS) is 50.0. The first-order chi connectivity index (χ1) is 11.6. The van der Waals surface area contributed by atoms with Crippen molar-refractivity contribution in [2.75, 3.05) is 7.05 Å². The van der Waals surface area contributed by atoms with Crippen molar-refractivity contribution in [3.05, 3.63) is 0 Å². The molecule has 0 aromatic carbocycles. The Morgan fingerprint density at radius 1 is 1.12 bits per heavy atom. The zero-order valence-corrected chi connectivity index (χ0v) is 16.4. The van der Waals surface area contributed by atoms with E-state index in [2.05, 4.69) is 39.4 Å². The van der Waals surface area contributed by atoms with Crippen molar-refractivity contribution in [3.8, 4) is 0 Å². The van der Waals surface area contributed by atoms with Gasteiger partial charge in [0.1, 0.15) is 0 Å². The molecule has 0 aromatic rings. The minimum absolute atomic E-state index is 0.0916. The lowest BCUT2D eigenvalue weighted by Crippen LogP contribution is -2.41. The van der Waals surface area contributed by atoms with Gasteiger partial charge < -0.3 is 5.11 Å². The molecule has 5 heteroatoms. The molecule has 0 bridgehead atoms. The molecule has 4 rings (SSSR count). The Balaban J connectivity index is 1.44. The predicted octanol–water partition coefficient (Wildman–Crippen LogP) is 3.14. The zero-order valence-electron chi connectivity index (χ0n) is 14.8. The summed E-state index contributed by atoms with van der Waals surface area (Å²) in [6.07, 6.45) is 13.3. The van der Waals surface area contributed by atoms with E-state index in [1.165, 1.54) is 51.4 Å². The number of halogens is 1. The summed E-state index contributed by atoms with van der Waals surface area (Å²) in [6.45, 7) is 0. The molecule has 4 aliphatic rings. The molecule has 1 heterocycles. The van der Waals surface area contributed by atoms with Crippen LogP contribution in [0.5, 0.6) is 0 Å². The molecule has 0 aromatic heterocycles. The Hall–Kier alpha value is 0.0300. The van der Waals surface area contributed by atoms with Crippen molar-refractivity contribution < 1.29 is 5.11 Å². The molecule has 3 aliphatic carbocycles. The monoisotopic (exact) mass is 397 g/mol. The van der Waals surface area contributed by atoms with Crippen LogP contribution in [-0.4, -0.2) is 52.6 Å². The highest BCUT2D eigenvalue weighted by Crippen LogP contribution is 2.43. The van der Waals surface area contributed by atoms with E-state index in [-0.39, 0.29) is 18.3 Å². The van der Waals surface area contributed by atoms with E-state index in [4.69, 9.17) is 4.99 Å². The minimum atomic E-state index is -0.186. The van der Waals surface area contributed by atoms with Crippen LogP contribution in [0.1, 0.15) is 57.8 Å². The third-order valence-electron chi connectivity index (χ3n) is 7.16. The second-order valence-corrected chi connectivity index (χ2v) is 9.81. The van der Waals surface area contributed by atoms with Gasteiger partial charge in [0.05, 0.1) is 6.10 Å². The number of hydrogen-bond donors (Lipinski definition) is 2. The molecular weight excluding hydrogens is 366 g/mol. The Labute approximate surface area is 154 Å². The van der Waals surface area contributed by atoms with Gasteiger partial charge in [-0.25, -0.2) is 0 Å². The maximum atomic E-state index is 10.6. The summed E-state index contributed by atoms with van der Waals surface area (Å²) in [4.78, 5) is 7.99.